The molecule has 116 valence electrons. The number of hydrogen-bond donors (Lipinski definition) is 3. The maximum atomic E-state index is 12.7. The predicted octanol–water partition coefficient (Wildman–Crippen LogP) is 1.31. The van der Waals surface area contributed by atoms with Gasteiger partial charge in [-0.3, -0.25) is 4.79 Å². The van der Waals surface area contributed by atoms with E-state index in [9.17, 15) is 9.90 Å². The van der Waals surface area contributed by atoms with Gasteiger partial charge in [-0.15, -0.1) is 0 Å². The number of aliphatic hydroxyl groups excluding tert-OH is 1. The summed E-state index contributed by atoms with van der Waals surface area (Å²) in [5.74, 6) is 5.89. The largest absolute Gasteiger partial charge is 0.394 e. The summed E-state index contributed by atoms with van der Waals surface area (Å²) in [4.78, 5) is 18.8. The highest BCUT2D eigenvalue weighted by Gasteiger charge is 2.27. The van der Waals surface area contributed by atoms with E-state index in [0.29, 0.717) is 17.9 Å². The molecule has 2 heterocycles. The second-order valence-corrected chi connectivity index (χ2v) is 5.46. The summed E-state index contributed by atoms with van der Waals surface area (Å²) in [5.41, 5.74) is 3.96. The van der Waals surface area contributed by atoms with E-state index in [2.05, 4.69) is 17.3 Å². The van der Waals surface area contributed by atoms with Crippen molar-refractivity contribution in [2.24, 2.45) is 5.84 Å². The molecule has 2 rings (SSSR count). The van der Waals surface area contributed by atoms with Crippen LogP contribution in [0.25, 0.3) is 0 Å². The summed E-state index contributed by atoms with van der Waals surface area (Å²) < 4.78 is 0. The zero-order chi connectivity index (χ0) is 15.2. The number of likely N-dealkylation sites (tertiary alicyclic amines) is 1. The molecule has 1 aliphatic heterocycles. The first-order valence-electron chi connectivity index (χ1n) is 7.59. The minimum atomic E-state index is -0.0803. The Bertz CT molecular complexity index is 493. The Morgan fingerprint density at radius 2 is 2.33 bits per heavy atom. The van der Waals surface area contributed by atoms with Gasteiger partial charge in [-0.1, -0.05) is 13.3 Å². The maximum absolute atomic E-state index is 12.7. The molecule has 4 N–H and O–H groups in total. The number of pyridine rings is 1. The van der Waals surface area contributed by atoms with Crippen LogP contribution in [0.3, 0.4) is 0 Å². The monoisotopic (exact) mass is 292 g/mol. The van der Waals surface area contributed by atoms with Crippen molar-refractivity contribution in [3.8, 4) is 0 Å². The number of nitrogens with two attached hydrogens (primary N) is 1. The smallest absolute Gasteiger partial charge is 0.254 e. The molecule has 1 aliphatic rings. The van der Waals surface area contributed by atoms with Crippen molar-refractivity contribution in [3.63, 3.8) is 0 Å². The van der Waals surface area contributed by atoms with Gasteiger partial charge in [0.2, 0.25) is 0 Å². The number of piperidine rings is 1. The molecule has 0 saturated carbocycles. The fourth-order valence-electron chi connectivity index (χ4n) is 2.79. The third-order valence-corrected chi connectivity index (χ3v) is 3.88. The number of aliphatic hydroxyl groups is 1. The van der Waals surface area contributed by atoms with Crippen molar-refractivity contribution < 1.29 is 9.90 Å². The predicted molar refractivity (Wildman–Crippen MR) is 81.8 cm³/mol. The van der Waals surface area contributed by atoms with Gasteiger partial charge in [0.05, 0.1) is 12.6 Å². The van der Waals surface area contributed by atoms with Crippen molar-refractivity contribution in [3.05, 3.63) is 23.4 Å². The summed E-state index contributed by atoms with van der Waals surface area (Å²) >= 11 is 0. The van der Waals surface area contributed by atoms with Crippen LogP contribution < -0.4 is 11.3 Å². The summed E-state index contributed by atoms with van der Waals surface area (Å²) in [6.45, 7) is 2.78. The van der Waals surface area contributed by atoms with E-state index in [-0.39, 0.29) is 18.6 Å². The van der Waals surface area contributed by atoms with Crippen molar-refractivity contribution in [2.75, 3.05) is 18.6 Å². The van der Waals surface area contributed by atoms with Crippen LogP contribution in [0.15, 0.2) is 12.1 Å². The summed E-state index contributed by atoms with van der Waals surface area (Å²) in [6, 6.07) is 3.42. The van der Waals surface area contributed by atoms with Gasteiger partial charge < -0.3 is 15.4 Å². The molecule has 1 atom stereocenters. The first-order chi connectivity index (χ1) is 10.2. The SMILES string of the molecule is CCCc1cc(C(=O)N2CCCCC2CO)cc(NN)n1. The fraction of sp³-hybridized carbons (Fsp3) is 0.600. The number of carbonyl (C=O) groups excluding carboxylic acids is 1. The van der Waals surface area contributed by atoms with Gasteiger partial charge in [0.15, 0.2) is 0 Å². The highest BCUT2D eigenvalue weighted by Crippen LogP contribution is 2.21. The average Bonchev–Trinajstić information content (AvgIpc) is 2.54. The van der Waals surface area contributed by atoms with Crippen molar-refractivity contribution in [2.45, 2.75) is 45.1 Å². The van der Waals surface area contributed by atoms with E-state index < -0.39 is 0 Å². The molecule has 0 aliphatic carbocycles. The molecule has 0 bridgehead atoms. The maximum Gasteiger partial charge on any atom is 0.254 e. The van der Waals surface area contributed by atoms with Gasteiger partial charge in [-0.05, 0) is 37.8 Å². The molecule has 1 fully saturated rings. The van der Waals surface area contributed by atoms with Gasteiger partial charge >= 0.3 is 0 Å². The van der Waals surface area contributed by atoms with Crippen LogP contribution in [-0.2, 0) is 6.42 Å². The number of aromatic nitrogens is 1. The van der Waals surface area contributed by atoms with Crippen LogP contribution in [0.1, 0.15) is 48.7 Å². The number of nitrogens with one attached hydrogen (secondary N) is 1. The Balaban J connectivity index is 2.26. The number of hydrazine groups is 1. The Morgan fingerprint density at radius 3 is 3.00 bits per heavy atom. The highest BCUT2D eigenvalue weighted by atomic mass is 16.3. The van der Waals surface area contributed by atoms with Gasteiger partial charge in [0.25, 0.3) is 5.91 Å². The summed E-state index contributed by atoms with van der Waals surface area (Å²) in [5, 5.41) is 9.46. The quantitative estimate of drug-likeness (QED) is 0.562. The summed E-state index contributed by atoms with van der Waals surface area (Å²) in [6.07, 6.45) is 4.66. The third-order valence-electron chi connectivity index (χ3n) is 3.88. The number of anilines is 1. The van der Waals surface area contributed by atoms with Crippen LogP contribution >= 0.6 is 0 Å². The van der Waals surface area contributed by atoms with E-state index in [0.717, 1.165) is 37.8 Å². The first-order valence-corrected chi connectivity index (χ1v) is 7.59. The number of nitrogens with zero attached hydrogens (tertiary/aromatic N) is 2. The molecule has 1 unspecified atom stereocenters. The number of nitrogen functional groups attached to an aromatic ring is 1. The number of aryl methyl sites for hydroxylation is 1. The molecule has 0 spiro atoms. The molecule has 1 amide bonds. The van der Waals surface area contributed by atoms with E-state index in [1.54, 1.807) is 11.0 Å². The van der Waals surface area contributed by atoms with E-state index in [4.69, 9.17) is 5.84 Å². The van der Waals surface area contributed by atoms with Crippen molar-refractivity contribution >= 4 is 11.7 Å². The molecule has 6 nitrogen and oxygen atoms in total. The normalized spacial score (nSPS) is 18.6. The van der Waals surface area contributed by atoms with Crippen LogP contribution in [-0.4, -0.2) is 40.1 Å². The van der Waals surface area contributed by atoms with Gasteiger partial charge in [-0.2, -0.15) is 0 Å². The Labute approximate surface area is 125 Å². The Hall–Kier alpha value is -1.66. The summed E-state index contributed by atoms with van der Waals surface area (Å²) in [7, 11) is 0. The van der Waals surface area contributed by atoms with E-state index in [1.165, 1.54) is 0 Å². The second-order valence-electron chi connectivity index (χ2n) is 5.46. The van der Waals surface area contributed by atoms with Crippen molar-refractivity contribution in [1.29, 1.82) is 0 Å². The minimum absolute atomic E-state index is 0.0145. The van der Waals surface area contributed by atoms with Crippen molar-refractivity contribution in [1.82, 2.24) is 9.88 Å². The molecule has 0 aromatic carbocycles. The molecule has 21 heavy (non-hydrogen) atoms. The number of rotatable bonds is 5. The lowest BCUT2D eigenvalue weighted by molar-refractivity contribution is 0.0503. The van der Waals surface area contributed by atoms with Crippen LogP contribution in [0.5, 0.6) is 0 Å². The molecular weight excluding hydrogens is 268 g/mol. The standard InChI is InChI=1S/C15H24N4O2/c1-2-5-12-8-11(9-14(17-12)18-16)15(21)19-7-4-3-6-13(19)10-20/h8-9,13,20H,2-7,10,16H2,1H3,(H,17,18). The second kappa shape index (κ2) is 7.38. The lowest BCUT2D eigenvalue weighted by atomic mass is 10.0. The Morgan fingerprint density at radius 1 is 1.52 bits per heavy atom. The van der Waals surface area contributed by atoms with E-state index >= 15 is 0 Å². The molecular formula is C15H24N4O2. The zero-order valence-electron chi connectivity index (χ0n) is 12.5. The van der Waals surface area contributed by atoms with Crippen LogP contribution in [0, 0.1) is 0 Å². The van der Waals surface area contributed by atoms with Gasteiger partial charge in [0, 0.05) is 17.8 Å². The lowest BCUT2D eigenvalue weighted by Crippen LogP contribution is -2.45. The molecule has 0 radical (unpaired) electrons. The fourth-order valence-corrected chi connectivity index (χ4v) is 2.79. The topological polar surface area (TPSA) is 91.5 Å². The first kappa shape index (κ1) is 15.7. The number of carbonyl (C=O) groups is 1. The van der Waals surface area contributed by atoms with Crippen LogP contribution in [0.2, 0.25) is 0 Å². The average molecular weight is 292 g/mol. The minimum Gasteiger partial charge on any atom is -0.394 e. The zero-order valence-corrected chi connectivity index (χ0v) is 12.5. The van der Waals surface area contributed by atoms with Crippen LogP contribution in [0.4, 0.5) is 5.82 Å². The molecule has 6 heteroatoms. The lowest BCUT2D eigenvalue weighted by Gasteiger charge is -2.34. The number of amides is 1. The molecule has 1 aromatic rings. The number of hydrogen-bond acceptors (Lipinski definition) is 5. The van der Waals surface area contributed by atoms with E-state index in [1.807, 2.05) is 6.07 Å². The van der Waals surface area contributed by atoms with Gasteiger partial charge in [0.1, 0.15) is 5.82 Å². The Kier molecular flexibility index (Phi) is 5.52. The van der Waals surface area contributed by atoms with Gasteiger partial charge in [-0.25, -0.2) is 10.8 Å². The molecule has 1 saturated heterocycles. The highest BCUT2D eigenvalue weighted by molar-refractivity contribution is 5.95. The third kappa shape index (κ3) is 3.71. The molecule has 1 aromatic heterocycles.